The van der Waals surface area contributed by atoms with Crippen LogP contribution in [0.3, 0.4) is 0 Å². The molecule has 1 N–H and O–H groups in total. The van der Waals surface area contributed by atoms with Crippen molar-refractivity contribution in [2.75, 3.05) is 13.6 Å². The fourth-order valence-electron chi connectivity index (χ4n) is 3.16. The molecular weight excluding hydrogens is 194 g/mol. The summed E-state index contributed by atoms with van der Waals surface area (Å²) in [4.78, 5) is 0. The lowest BCUT2D eigenvalue weighted by atomic mass is 9.75. The minimum Gasteiger partial charge on any atom is -0.319 e. The molecule has 0 heterocycles. The smallest absolute Gasteiger partial charge is 0.00173 e. The third-order valence-corrected chi connectivity index (χ3v) is 3.78. The van der Waals surface area contributed by atoms with Crippen LogP contribution in [0.15, 0.2) is 12.1 Å². The van der Waals surface area contributed by atoms with Gasteiger partial charge in [-0.2, -0.15) is 0 Å². The Kier molecular flexibility index (Phi) is 3.34. The minimum atomic E-state index is 0.711. The molecule has 1 nitrogen and oxygen atoms in total. The molecule has 1 heteroatoms. The van der Waals surface area contributed by atoms with E-state index in [2.05, 4.69) is 45.3 Å². The van der Waals surface area contributed by atoms with Crippen molar-refractivity contribution >= 4 is 0 Å². The highest BCUT2D eigenvalue weighted by Gasteiger charge is 2.25. The van der Waals surface area contributed by atoms with Gasteiger partial charge in [-0.1, -0.05) is 24.6 Å². The van der Waals surface area contributed by atoms with Gasteiger partial charge in [0.2, 0.25) is 0 Å². The summed E-state index contributed by atoms with van der Waals surface area (Å²) in [6, 6.07) is 4.73. The molecule has 1 aromatic rings. The first-order valence-electron chi connectivity index (χ1n) is 6.36. The number of aryl methyl sites for hydroxylation is 2. The Morgan fingerprint density at radius 1 is 1.31 bits per heavy atom. The summed E-state index contributed by atoms with van der Waals surface area (Å²) >= 11 is 0. The second-order valence-corrected chi connectivity index (χ2v) is 5.45. The van der Waals surface area contributed by atoms with E-state index in [1.165, 1.54) is 24.0 Å². The normalized spacial score (nSPS) is 24.2. The molecule has 1 aliphatic carbocycles. The maximum atomic E-state index is 3.34. The van der Waals surface area contributed by atoms with Gasteiger partial charge in [-0.05, 0) is 62.3 Å². The molecule has 0 bridgehead atoms. The topological polar surface area (TPSA) is 12.0 Å². The molecule has 0 saturated carbocycles. The molecule has 1 aromatic carbocycles. The lowest BCUT2D eigenvalue weighted by Gasteiger charge is -2.31. The van der Waals surface area contributed by atoms with Crippen molar-refractivity contribution in [1.82, 2.24) is 5.32 Å². The van der Waals surface area contributed by atoms with Gasteiger partial charge in [0, 0.05) is 6.54 Å². The predicted molar refractivity (Wildman–Crippen MR) is 70.1 cm³/mol. The van der Waals surface area contributed by atoms with E-state index >= 15 is 0 Å². The molecule has 0 amide bonds. The lowest BCUT2D eigenvalue weighted by Crippen LogP contribution is -2.25. The predicted octanol–water partition coefficient (Wildman–Crippen LogP) is 3.19. The number of hydrogen-bond donors (Lipinski definition) is 1. The lowest BCUT2D eigenvalue weighted by molar-refractivity contribution is 0.421. The molecule has 0 fully saturated rings. The van der Waals surface area contributed by atoms with Crippen molar-refractivity contribution in [3.63, 3.8) is 0 Å². The first kappa shape index (κ1) is 11.7. The molecule has 1 aliphatic rings. The number of hydrogen-bond acceptors (Lipinski definition) is 1. The van der Waals surface area contributed by atoms with E-state index in [-0.39, 0.29) is 0 Å². The first-order chi connectivity index (χ1) is 7.61. The summed E-state index contributed by atoms with van der Waals surface area (Å²) in [5.74, 6) is 1.54. The molecule has 0 spiro atoms. The van der Waals surface area contributed by atoms with Crippen LogP contribution in [-0.4, -0.2) is 13.6 Å². The second kappa shape index (κ2) is 4.58. The highest BCUT2D eigenvalue weighted by Crippen LogP contribution is 2.36. The Hall–Kier alpha value is -0.820. The summed E-state index contributed by atoms with van der Waals surface area (Å²) in [5.41, 5.74) is 6.11. The highest BCUT2D eigenvalue weighted by atomic mass is 14.8. The summed E-state index contributed by atoms with van der Waals surface area (Å²) < 4.78 is 0. The Balaban J connectivity index is 2.43. The largest absolute Gasteiger partial charge is 0.319 e. The number of fused-ring (bicyclic) bond motifs is 1. The fraction of sp³-hybridized carbons (Fsp3) is 0.600. The molecule has 16 heavy (non-hydrogen) atoms. The molecule has 2 rings (SSSR count). The van der Waals surface area contributed by atoms with Crippen molar-refractivity contribution in [3.8, 4) is 0 Å². The van der Waals surface area contributed by atoms with E-state index in [9.17, 15) is 0 Å². The van der Waals surface area contributed by atoms with Crippen LogP contribution in [0.5, 0.6) is 0 Å². The summed E-state index contributed by atoms with van der Waals surface area (Å²) in [6.45, 7) is 7.97. The van der Waals surface area contributed by atoms with E-state index in [1.54, 1.807) is 11.1 Å². The molecule has 0 saturated heterocycles. The summed E-state index contributed by atoms with van der Waals surface area (Å²) in [6.07, 6.45) is 2.60. The van der Waals surface area contributed by atoms with Crippen molar-refractivity contribution in [2.24, 2.45) is 5.92 Å². The first-order valence-corrected chi connectivity index (χ1v) is 6.36. The molecule has 2 atom stereocenters. The zero-order valence-corrected chi connectivity index (χ0v) is 10.9. The number of nitrogens with one attached hydrogen (secondary N) is 1. The Morgan fingerprint density at radius 3 is 2.75 bits per heavy atom. The molecule has 0 radical (unpaired) electrons. The zero-order valence-electron chi connectivity index (χ0n) is 10.9. The SMILES string of the molecule is CNCC1CC(C)Cc2c(C)cc(C)cc21. The quantitative estimate of drug-likeness (QED) is 0.802. The van der Waals surface area contributed by atoms with E-state index < -0.39 is 0 Å². The van der Waals surface area contributed by atoms with Crippen LogP contribution >= 0.6 is 0 Å². The van der Waals surface area contributed by atoms with Gasteiger partial charge in [0.25, 0.3) is 0 Å². The van der Waals surface area contributed by atoms with Gasteiger partial charge in [-0.3, -0.25) is 0 Å². The van der Waals surface area contributed by atoms with Crippen LogP contribution in [0, 0.1) is 19.8 Å². The average Bonchev–Trinajstić information content (AvgIpc) is 2.20. The van der Waals surface area contributed by atoms with Crippen LogP contribution in [0.4, 0.5) is 0 Å². The van der Waals surface area contributed by atoms with E-state index in [4.69, 9.17) is 0 Å². The third-order valence-electron chi connectivity index (χ3n) is 3.78. The van der Waals surface area contributed by atoms with Gasteiger partial charge in [-0.15, -0.1) is 0 Å². The fourth-order valence-corrected chi connectivity index (χ4v) is 3.16. The molecule has 2 unspecified atom stereocenters. The van der Waals surface area contributed by atoms with Crippen LogP contribution in [0.1, 0.15) is 41.5 Å². The van der Waals surface area contributed by atoms with Gasteiger partial charge in [0.05, 0.1) is 0 Å². The van der Waals surface area contributed by atoms with Gasteiger partial charge >= 0.3 is 0 Å². The third kappa shape index (κ3) is 2.15. The second-order valence-electron chi connectivity index (χ2n) is 5.45. The Bertz CT molecular complexity index is 381. The highest BCUT2D eigenvalue weighted by molar-refractivity contribution is 5.42. The number of benzene rings is 1. The van der Waals surface area contributed by atoms with Gasteiger partial charge in [0.15, 0.2) is 0 Å². The van der Waals surface area contributed by atoms with Crippen LogP contribution in [0.25, 0.3) is 0 Å². The van der Waals surface area contributed by atoms with Crippen LogP contribution in [-0.2, 0) is 6.42 Å². The van der Waals surface area contributed by atoms with Crippen molar-refractivity contribution in [3.05, 3.63) is 34.4 Å². The van der Waals surface area contributed by atoms with Crippen molar-refractivity contribution in [2.45, 2.75) is 39.5 Å². The Morgan fingerprint density at radius 2 is 2.06 bits per heavy atom. The van der Waals surface area contributed by atoms with E-state index in [1.807, 2.05) is 0 Å². The van der Waals surface area contributed by atoms with E-state index in [0.717, 1.165) is 12.5 Å². The average molecular weight is 217 g/mol. The standard InChI is InChI=1S/C15H23N/c1-10-5-12(3)14-7-11(2)6-13(9-16-4)15(14)8-10/h5,8,11,13,16H,6-7,9H2,1-4H3. The minimum absolute atomic E-state index is 0.711. The van der Waals surface area contributed by atoms with Gasteiger partial charge in [-0.25, -0.2) is 0 Å². The molecule has 0 aliphatic heterocycles. The van der Waals surface area contributed by atoms with Crippen LogP contribution in [0.2, 0.25) is 0 Å². The Labute approximate surface area is 99.3 Å². The number of rotatable bonds is 2. The number of likely N-dealkylation sites (N-methyl/N-ethyl adjacent to an activating group) is 1. The summed E-state index contributed by atoms with van der Waals surface area (Å²) in [5, 5.41) is 3.34. The zero-order chi connectivity index (χ0) is 11.7. The molecule has 0 aromatic heterocycles. The monoisotopic (exact) mass is 217 g/mol. The maximum Gasteiger partial charge on any atom is 0.00173 e. The van der Waals surface area contributed by atoms with E-state index in [0.29, 0.717) is 5.92 Å². The van der Waals surface area contributed by atoms with Crippen LogP contribution < -0.4 is 5.32 Å². The van der Waals surface area contributed by atoms with Gasteiger partial charge < -0.3 is 5.32 Å². The maximum absolute atomic E-state index is 3.34. The summed E-state index contributed by atoms with van der Waals surface area (Å²) in [7, 11) is 2.06. The van der Waals surface area contributed by atoms with Crippen molar-refractivity contribution in [1.29, 1.82) is 0 Å². The molecule has 88 valence electrons. The van der Waals surface area contributed by atoms with Crippen molar-refractivity contribution < 1.29 is 0 Å². The van der Waals surface area contributed by atoms with Gasteiger partial charge in [0.1, 0.15) is 0 Å². The molecular formula is C15H23N.